The summed E-state index contributed by atoms with van der Waals surface area (Å²) in [5.74, 6) is 26.1. The van der Waals surface area contributed by atoms with Crippen molar-refractivity contribution in [2.45, 2.75) is 0 Å². The third-order valence-corrected chi connectivity index (χ3v) is 11.2. The number of benzene rings is 8. The molecule has 0 radical (unpaired) electrons. The minimum atomic E-state index is -1.86. The van der Waals surface area contributed by atoms with E-state index in [1.54, 1.807) is 48.5 Å². The molecule has 8 aromatic rings. The molecule has 4 nitrogen and oxygen atoms in total. The Morgan fingerprint density at radius 2 is 0.354 bits per heavy atom. The molecule has 0 atom stereocenters. The van der Waals surface area contributed by atoms with E-state index in [0.717, 1.165) is 91.5 Å². The molecule has 0 aliphatic carbocycles. The highest BCUT2D eigenvalue weighted by molar-refractivity contribution is 7.19. The zero-order valence-corrected chi connectivity index (χ0v) is 35.0. The van der Waals surface area contributed by atoms with Crippen LogP contribution < -0.4 is 21.9 Å². The van der Waals surface area contributed by atoms with Gasteiger partial charge in [0.25, 0.3) is 0 Å². The van der Waals surface area contributed by atoms with Crippen molar-refractivity contribution in [2.24, 2.45) is 0 Å². The smallest absolute Gasteiger partial charge is 0.150 e. The Balaban J connectivity index is 1.25. The fraction of sp³-hybridized carbons (Fsp3) is 0. The van der Waals surface area contributed by atoms with Crippen LogP contribution >= 0.6 is 0 Å². The molecule has 0 spiro atoms. The summed E-state index contributed by atoms with van der Waals surface area (Å²) in [5, 5.41) is 0. The van der Waals surface area contributed by atoms with Gasteiger partial charge in [-0.15, -0.1) is 0 Å². The van der Waals surface area contributed by atoms with Gasteiger partial charge in [0.05, 0.1) is 0 Å². The maximum Gasteiger partial charge on any atom is 0.150 e. The SMILES string of the molecule is O=Cc1ccc(C#Cc2ccc([B-](c3ccc(C#Cc4ccc(C=O)cc4)cc3)(c3ccc(C#Cc4ccc(C=O)cc4)cc3)c3ccc(C#Cc4ccc(C=O)cc4)cc3)cc2)cc1. The highest BCUT2D eigenvalue weighted by atomic mass is 16.1. The summed E-state index contributed by atoms with van der Waals surface area (Å²) in [5.41, 5.74) is 13.2. The molecule has 0 fully saturated rings. The van der Waals surface area contributed by atoms with Crippen molar-refractivity contribution in [1.82, 2.24) is 0 Å². The first-order chi connectivity index (χ1) is 31.9. The van der Waals surface area contributed by atoms with Crippen LogP contribution in [0.25, 0.3) is 0 Å². The van der Waals surface area contributed by atoms with Crippen molar-refractivity contribution in [2.75, 3.05) is 0 Å². The van der Waals surface area contributed by atoms with Crippen molar-refractivity contribution in [3.05, 3.63) is 261 Å². The topological polar surface area (TPSA) is 68.3 Å². The molecule has 0 bridgehead atoms. The van der Waals surface area contributed by atoms with Crippen LogP contribution in [-0.2, 0) is 0 Å². The Morgan fingerprint density at radius 3 is 0.492 bits per heavy atom. The minimum absolute atomic E-state index is 0.597. The van der Waals surface area contributed by atoms with Gasteiger partial charge < -0.3 is 0 Å². The van der Waals surface area contributed by atoms with E-state index in [4.69, 9.17) is 0 Å². The van der Waals surface area contributed by atoms with Crippen molar-refractivity contribution in [3.63, 3.8) is 0 Å². The molecule has 65 heavy (non-hydrogen) atoms. The van der Waals surface area contributed by atoms with Crippen LogP contribution in [0.2, 0.25) is 0 Å². The summed E-state index contributed by atoms with van der Waals surface area (Å²) in [7, 11) is 0. The molecule has 8 aromatic carbocycles. The van der Waals surface area contributed by atoms with Crippen molar-refractivity contribution >= 4 is 53.1 Å². The molecule has 0 N–H and O–H groups in total. The lowest BCUT2D eigenvalue weighted by molar-refractivity contribution is 0.111. The molecule has 0 amide bonds. The van der Waals surface area contributed by atoms with E-state index in [2.05, 4.69) is 95.9 Å². The van der Waals surface area contributed by atoms with E-state index in [-0.39, 0.29) is 0 Å². The first kappa shape index (κ1) is 42.4. The molecule has 8 rings (SSSR count). The van der Waals surface area contributed by atoms with E-state index in [9.17, 15) is 19.2 Å². The fourth-order valence-corrected chi connectivity index (χ4v) is 7.73. The molecule has 0 unspecified atom stereocenters. The summed E-state index contributed by atoms with van der Waals surface area (Å²) in [6, 6.07) is 62.2. The Bertz CT molecular complexity index is 2810. The van der Waals surface area contributed by atoms with Gasteiger partial charge in [-0.2, -0.15) is 21.9 Å². The van der Waals surface area contributed by atoms with Gasteiger partial charge in [0.1, 0.15) is 31.3 Å². The van der Waals surface area contributed by atoms with E-state index in [0.29, 0.717) is 22.3 Å². The second-order valence-corrected chi connectivity index (χ2v) is 15.3. The van der Waals surface area contributed by atoms with Crippen LogP contribution in [-0.4, -0.2) is 31.3 Å². The number of rotatable bonds is 8. The van der Waals surface area contributed by atoms with Gasteiger partial charge in [-0.3, -0.25) is 19.2 Å². The number of hydrogen-bond donors (Lipinski definition) is 0. The van der Waals surface area contributed by atoms with E-state index < -0.39 is 6.15 Å². The zero-order chi connectivity index (χ0) is 44.9. The van der Waals surface area contributed by atoms with Crippen LogP contribution in [0.15, 0.2) is 194 Å². The molecule has 0 saturated heterocycles. The molecule has 0 aliphatic rings. The summed E-state index contributed by atoms with van der Waals surface area (Å²) in [4.78, 5) is 44.8. The van der Waals surface area contributed by atoms with Gasteiger partial charge in [-0.05, 0) is 97.1 Å². The predicted octanol–water partition coefficient (Wildman–Crippen LogP) is 7.91. The van der Waals surface area contributed by atoms with Crippen molar-refractivity contribution in [3.8, 4) is 47.4 Å². The van der Waals surface area contributed by atoms with Crippen LogP contribution in [0.1, 0.15) is 85.9 Å². The molecular formula is C60H36BO4-. The van der Waals surface area contributed by atoms with Crippen molar-refractivity contribution in [1.29, 1.82) is 0 Å². The fourth-order valence-electron chi connectivity index (χ4n) is 7.73. The van der Waals surface area contributed by atoms with Crippen LogP contribution in [0.3, 0.4) is 0 Å². The average molecular weight is 832 g/mol. The average Bonchev–Trinajstić information content (AvgIpc) is 3.38. The van der Waals surface area contributed by atoms with E-state index in [1.165, 1.54) is 0 Å². The minimum Gasteiger partial charge on any atom is -0.298 e. The first-order valence-electron chi connectivity index (χ1n) is 20.8. The predicted molar refractivity (Wildman–Crippen MR) is 261 cm³/mol. The van der Waals surface area contributed by atoms with Crippen molar-refractivity contribution < 1.29 is 19.2 Å². The maximum absolute atomic E-state index is 11.2. The maximum atomic E-state index is 11.2. The Morgan fingerprint density at radius 1 is 0.215 bits per heavy atom. The summed E-state index contributed by atoms with van der Waals surface area (Å²) >= 11 is 0. The second-order valence-electron chi connectivity index (χ2n) is 15.3. The van der Waals surface area contributed by atoms with Gasteiger partial charge in [0.2, 0.25) is 0 Å². The second kappa shape index (κ2) is 20.1. The summed E-state index contributed by atoms with van der Waals surface area (Å²) in [6.07, 6.45) is 1.40. The van der Waals surface area contributed by atoms with Crippen LogP contribution in [0.5, 0.6) is 0 Å². The van der Waals surface area contributed by atoms with Gasteiger partial charge in [-0.25, -0.2) is 0 Å². The summed E-state index contributed by atoms with van der Waals surface area (Å²) in [6.45, 7) is 0. The molecule has 304 valence electrons. The number of aldehydes is 4. The highest BCUT2D eigenvalue weighted by Gasteiger charge is 2.32. The Kier molecular flexibility index (Phi) is 13.1. The quantitative estimate of drug-likeness (QED) is 0.0888. The molecule has 0 aromatic heterocycles. The third kappa shape index (κ3) is 10.1. The molecule has 0 saturated carbocycles. The Labute approximate surface area is 379 Å². The number of hydrogen-bond acceptors (Lipinski definition) is 4. The highest BCUT2D eigenvalue weighted by Crippen LogP contribution is 2.14. The van der Waals surface area contributed by atoms with E-state index in [1.807, 2.05) is 97.1 Å². The zero-order valence-electron chi connectivity index (χ0n) is 35.0. The monoisotopic (exact) mass is 831 g/mol. The first-order valence-corrected chi connectivity index (χ1v) is 20.8. The lowest BCUT2D eigenvalue weighted by atomic mass is 9.13. The molecule has 0 heterocycles. The van der Waals surface area contributed by atoms with Gasteiger partial charge in [-0.1, -0.05) is 144 Å². The lowest BCUT2D eigenvalue weighted by Gasteiger charge is -2.44. The van der Waals surface area contributed by atoms with Crippen LogP contribution in [0, 0.1) is 47.4 Å². The van der Waals surface area contributed by atoms with Crippen LogP contribution in [0.4, 0.5) is 0 Å². The van der Waals surface area contributed by atoms with Gasteiger partial charge >= 0.3 is 0 Å². The standard InChI is InChI=1S/C60H36BO4/c62-41-53-17-9-45(10-18-53)1-5-49-25-33-57(34-26-49)61(58-35-27-50(28-36-58)6-2-46-11-19-54(42-63)20-12-46,59-37-29-51(30-38-59)7-3-47-13-21-55(43-64)22-14-47)60-39-31-52(32-40-60)8-4-48-15-23-56(44-65)24-16-48/h9-44H/q-1. The number of carbonyl (C=O) groups excluding carboxylic acids is 4. The Hall–Kier alpha value is -9.26. The molecule has 0 aliphatic heterocycles. The number of carbonyl (C=O) groups is 4. The normalized spacial score (nSPS) is 10.2. The molecule has 5 heteroatoms. The van der Waals surface area contributed by atoms with Gasteiger partial charge in [0.15, 0.2) is 0 Å². The van der Waals surface area contributed by atoms with Gasteiger partial charge in [0, 0.05) is 66.8 Å². The summed E-state index contributed by atoms with van der Waals surface area (Å²) < 4.78 is 0. The largest absolute Gasteiger partial charge is 0.298 e. The molecular weight excluding hydrogens is 795 g/mol. The third-order valence-electron chi connectivity index (χ3n) is 11.2. The van der Waals surface area contributed by atoms with E-state index >= 15 is 0 Å². The lowest BCUT2D eigenvalue weighted by Crippen LogP contribution is -2.74.